The number of likely N-dealkylation sites (tertiary alicyclic amines) is 1. The Hall–Kier alpha value is -4.60. The summed E-state index contributed by atoms with van der Waals surface area (Å²) in [6, 6.07) is 3.30. The van der Waals surface area contributed by atoms with Crippen molar-refractivity contribution in [2.75, 3.05) is 19.6 Å². The Kier molecular flexibility index (Phi) is 11.7. The fourth-order valence-electron chi connectivity index (χ4n) is 7.29. The van der Waals surface area contributed by atoms with E-state index in [-0.39, 0.29) is 45.6 Å². The first-order chi connectivity index (χ1) is 25.3. The molecule has 294 valence electrons. The van der Waals surface area contributed by atoms with Gasteiger partial charge < -0.3 is 19.3 Å². The van der Waals surface area contributed by atoms with Crippen LogP contribution in [0.1, 0.15) is 77.3 Å². The Balaban J connectivity index is 1.41. The van der Waals surface area contributed by atoms with E-state index in [4.69, 9.17) is 9.47 Å². The predicted octanol–water partition coefficient (Wildman–Crippen LogP) is 3.39. The topological polar surface area (TPSA) is 177 Å². The molecule has 4 aliphatic rings. The number of halogens is 1. The summed E-state index contributed by atoms with van der Waals surface area (Å²) < 4.78 is 53.3. The highest BCUT2D eigenvalue weighted by Gasteiger charge is 2.61. The minimum atomic E-state index is -3.93. The van der Waals surface area contributed by atoms with Gasteiger partial charge in [-0.1, -0.05) is 24.8 Å². The predicted molar refractivity (Wildman–Crippen MR) is 193 cm³/mol. The molecule has 1 aromatic rings. The minimum Gasteiger partial charge on any atom is -0.460 e. The SMILES string of the molecule is C=CC(=O)N(CC)C[C@H](CC(=O)OC(C)(C)C)C(=O)N1C[C@H](OC(=O)N2Cc3cccc(F)c3C2)C[C@H]1C(=O)C[C@]1(C(=O)NS(=O)(=O)C2CC2)C[C@H]1C=C. The monoisotopic (exact) mass is 772 g/mol. The number of nitrogens with one attached hydrogen (secondary N) is 1. The van der Waals surface area contributed by atoms with E-state index in [9.17, 15) is 41.6 Å². The number of ether oxygens (including phenoxy) is 2. The Morgan fingerprint density at radius 1 is 1.13 bits per heavy atom. The van der Waals surface area contributed by atoms with E-state index in [1.54, 1.807) is 39.8 Å². The van der Waals surface area contributed by atoms with Gasteiger partial charge >= 0.3 is 12.1 Å². The zero-order valence-corrected chi connectivity index (χ0v) is 32.0. The number of fused-ring (bicyclic) bond motifs is 1. The van der Waals surface area contributed by atoms with Gasteiger partial charge in [-0.15, -0.1) is 6.58 Å². The average molecular weight is 773 g/mol. The Labute approximate surface area is 315 Å². The maximum Gasteiger partial charge on any atom is 0.410 e. The third-order valence-corrected chi connectivity index (χ3v) is 12.2. The number of hydrogen-bond acceptors (Lipinski definition) is 10. The number of allylic oxidation sites excluding steroid dienone is 1. The average Bonchev–Trinajstić information content (AvgIpc) is 3.99. The summed E-state index contributed by atoms with van der Waals surface area (Å²) >= 11 is 0. The lowest BCUT2D eigenvalue weighted by Crippen LogP contribution is -2.49. The van der Waals surface area contributed by atoms with Crippen molar-refractivity contribution in [2.24, 2.45) is 17.3 Å². The number of esters is 1. The summed E-state index contributed by atoms with van der Waals surface area (Å²) in [5, 5.41) is -0.675. The molecule has 1 saturated heterocycles. The quantitative estimate of drug-likeness (QED) is 0.158. The molecule has 16 heteroatoms. The van der Waals surface area contributed by atoms with Crippen LogP contribution in [-0.2, 0) is 56.6 Å². The molecule has 0 spiro atoms. The molecular weight excluding hydrogens is 724 g/mol. The molecule has 4 amide bonds. The number of sulfonamides is 1. The smallest absolute Gasteiger partial charge is 0.410 e. The number of likely N-dealkylation sites (N-methyl/N-ethyl adjacent to an activating group) is 1. The lowest BCUT2D eigenvalue weighted by molar-refractivity contribution is -0.159. The third-order valence-electron chi connectivity index (χ3n) is 10.4. The molecule has 2 heterocycles. The number of ketones is 1. The second kappa shape index (κ2) is 15.6. The molecule has 54 heavy (non-hydrogen) atoms. The van der Waals surface area contributed by atoms with Crippen LogP contribution >= 0.6 is 0 Å². The van der Waals surface area contributed by atoms with E-state index < -0.39 is 104 Å². The number of carbonyl (C=O) groups excluding carboxylic acids is 6. The highest BCUT2D eigenvalue weighted by molar-refractivity contribution is 7.90. The number of nitrogens with zero attached hydrogens (tertiary/aromatic N) is 3. The Morgan fingerprint density at radius 3 is 2.41 bits per heavy atom. The van der Waals surface area contributed by atoms with Crippen molar-refractivity contribution >= 4 is 45.6 Å². The van der Waals surface area contributed by atoms with Crippen molar-refractivity contribution < 1.29 is 51.0 Å². The van der Waals surface area contributed by atoms with Crippen LogP contribution in [0.4, 0.5) is 9.18 Å². The summed E-state index contributed by atoms with van der Waals surface area (Å²) in [6.45, 7) is 13.7. The van der Waals surface area contributed by atoms with E-state index >= 15 is 0 Å². The van der Waals surface area contributed by atoms with Gasteiger partial charge in [0.25, 0.3) is 0 Å². The van der Waals surface area contributed by atoms with E-state index in [1.165, 1.54) is 26.8 Å². The summed E-state index contributed by atoms with van der Waals surface area (Å²) in [7, 11) is -3.93. The number of Topliss-reactive ketones (excluding diaryl/α,β-unsaturated/α-hetero) is 1. The van der Waals surface area contributed by atoms with Crippen LogP contribution in [0.5, 0.6) is 0 Å². The van der Waals surface area contributed by atoms with Crippen molar-refractivity contribution in [2.45, 2.75) is 102 Å². The summed E-state index contributed by atoms with van der Waals surface area (Å²) in [4.78, 5) is 85.4. The largest absolute Gasteiger partial charge is 0.460 e. The number of amides is 4. The summed E-state index contributed by atoms with van der Waals surface area (Å²) in [5.74, 6) is -5.44. The molecule has 5 rings (SSSR count). The molecular formula is C38H49FN4O10S. The molecule has 5 atom stereocenters. The molecule has 3 fully saturated rings. The summed E-state index contributed by atoms with van der Waals surface area (Å²) in [6.07, 6.45) is 0.743. The van der Waals surface area contributed by atoms with Crippen molar-refractivity contribution in [1.29, 1.82) is 0 Å². The molecule has 2 aliphatic carbocycles. The molecule has 0 bridgehead atoms. The van der Waals surface area contributed by atoms with Crippen molar-refractivity contribution in [3.8, 4) is 0 Å². The van der Waals surface area contributed by atoms with Crippen molar-refractivity contribution in [3.63, 3.8) is 0 Å². The molecule has 14 nitrogen and oxygen atoms in total. The van der Waals surface area contributed by atoms with Crippen LogP contribution in [-0.4, -0.2) is 101 Å². The fourth-order valence-corrected chi connectivity index (χ4v) is 8.67. The first-order valence-electron chi connectivity index (χ1n) is 18.2. The molecule has 0 aromatic heterocycles. The zero-order chi connectivity index (χ0) is 39.7. The van der Waals surface area contributed by atoms with Gasteiger partial charge in [0.15, 0.2) is 5.78 Å². The maximum atomic E-state index is 14.5. The summed E-state index contributed by atoms with van der Waals surface area (Å²) in [5.41, 5.74) is -1.32. The number of benzene rings is 1. The van der Waals surface area contributed by atoms with Gasteiger partial charge in [0.05, 0.1) is 42.1 Å². The van der Waals surface area contributed by atoms with E-state index in [1.807, 2.05) is 0 Å². The number of carbonyl (C=O) groups is 6. The second-order valence-corrected chi connectivity index (χ2v) is 17.5. The van der Waals surface area contributed by atoms with Gasteiger partial charge in [0.2, 0.25) is 27.7 Å². The van der Waals surface area contributed by atoms with Gasteiger partial charge in [0.1, 0.15) is 17.5 Å². The van der Waals surface area contributed by atoms with Gasteiger partial charge in [0, 0.05) is 38.0 Å². The van der Waals surface area contributed by atoms with Gasteiger partial charge in [-0.25, -0.2) is 17.6 Å². The van der Waals surface area contributed by atoms with Crippen LogP contribution in [0.2, 0.25) is 0 Å². The molecule has 0 unspecified atom stereocenters. The molecule has 2 saturated carbocycles. The second-order valence-electron chi connectivity index (χ2n) is 15.6. The van der Waals surface area contributed by atoms with E-state index in [2.05, 4.69) is 17.9 Å². The Morgan fingerprint density at radius 2 is 1.83 bits per heavy atom. The van der Waals surface area contributed by atoms with Gasteiger partial charge in [-0.2, -0.15) is 0 Å². The highest BCUT2D eigenvalue weighted by atomic mass is 32.2. The van der Waals surface area contributed by atoms with Crippen LogP contribution in [0, 0.1) is 23.1 Å². The van der Waals surface area contributed by atoms with Crippen LogP contribution in [0.3, 0.4) is 0 Å². The van der Waals surface area contributed by atoms with Crippen LogP contribution in [0.25, 0.3) is 0 Å². The lowest BCUT2D eigenvalue weighted by atomic mass is 9.91. The van der Waals surface area contributed by atoms with Gasteiger partial charge in [-0.05, 0) is 70.6 Å². The third kappa shape index (κ3) is 9.01. The number of rotatable bonds is 15. The van der Waals surface area contributed by atoms with Crippen molar-refractivity contribution in [1.82, 2.24) is 19.4 Å². The first kappa shape index (κ1) is 40.6. The normalized spacial score (nSPS) is 23.8. The standard InChI is InChI=1S/C38H49FN4O10S/c1-7-25-17-38(25,35(48)40-54(50,51)27-13-14-27)18-31(44)30-16-26(52-36(49)42-19-23-11-10-12-29(39)28(23)22-42)21-43(30)34(47)24(15-33(46)53-37(4,5)6)20-41(9-3)32(45)8-2/h7-8,10-12,24-27,30H,1-2,9,13-22H2,3-6H3,(H,40,48)/t24-,25+,26+,30-,38+/m0/s1. The molecule has 1 N–H and O–H groups in total. The first-order valence-corrected chi connectivity index (χ1v) is 19.7. The molecule has 2 aliphatic heterocycles. The molecule has 1 aromatic carbocycles. The van der Waals surface area contributed by atoms with E-state index in [0.29, 0.717) is 24.0 Å². The van der Waals surface area contributed by atoms with Gasteiger partial charge in [-0.3, -0.25) is 33.6 Å². The minimum absolute atomic E-state index is 0.0367. The highest BCUT2D eigenvalue weighted by Crippen LogP contribution is 2.57. The van der Waals surface area contributed by atoms with Crippen LogP contribution in [0.15, 0.2) is 43.5 Å². The lowest BCUT2D eigenvalue weighted by Gasteiger charge is -2.31. The van der Waals surface area contributed by atoms with Crippen LogP contribution < -0.4 is 4.72 Å². The van der Waals surface area contributed by atoms with E-state index in [0.717, 1.165) is 6.08 Å². The number of hydrogen-bond donors (Lipinski definition) is 1. The fraction of sp³-hybridized carbons (Fsp3) is 0.579. The Bertz CT molecular complexity index is 1840. The molecule has 0 radical (unpaired) electrons. The maximum absolute atomic E-state index is 14.5. The van der Waals surface area contributed by atoms with Crippen molar-refractivity contribution in [3.05, 3.63) is 60.5 Å². The zero-order valence-electron chi connectivity index (χ0n) is 31.2.